The van der Waals surface area contributed by atoms with Gasteiger partial charge in [0, 0.05) is 54.4 Å². The highest BCUT2D eigenvalue weighted by atomic mass is 16.5. The van der Waals surface area contributed by atoms with Crippen LogP contribution in [0.25, 0.3) is 44.6 Å². The third kappa shape index (κ3) is 4.60. The fraction of sp³-hybridized carbons (Fsp3) is 0.324. The number of imidazole rings is 1. The van der Waals surface area contributed by atoms with E-state index in [1.54, 1.807) is 7.11 Å². The minimum absolute atomic E-state index is 0.00551. The van der Waals surface area contributed by atoms with Crippen LogP contribution in [-0.4, -0.2) is 56.6 Å². The normalized spacial score (nSPS) is 20.5. The Bertz CT molecular complexity index is 2050. The van der Waals surface area contributed by atoms with Crippen molar-refractivity contribution in [3.63, 3.8) is 0 Å². The molecular weight excluding hydrogens is 576 g/mol. The fourth-order valence-corrected chi connectivity index (χ4v) is 7.72. The van der Waals surface area contributed by atoms with Gasteiger partial charge in [-0.05, 0) is 79.5 Å². The van der Waals surface area contributed by atoms with Crippen molar-refractivity contribution in [1.82, 2.24) is 19.0 Å². The first-order chi connectivity index (χ1) is 22.3. The lowest BCUT2D eigenvalue weighted by Gasteiger charge is -2.27. The van der Waals surface area contributed by atoms with Crippen LogP contribution in [0.4, 0.5) is 5.69 Å². The van der Waals surface area contributed by atoms with Gasteiger partial charge < -0.3 is 29.8 Å². The number of aromatic nitrogens is 3. The van der Waals surface area contributed by atoms with E-state index < -0.39 is 0 Å². The molecule has 0 radical (unpaired) electrons. The molecule has 3 aromatic carbocycles. The number of benzene rings is 3. The summed E-state index contributed by atoms with van der Waals surface area (Å²) in [6.07, 6.45) is 5.74. The van der Waals surface area contributed by atoms with Gasteiger partial charge in [-0.2, -0.15) is 0 Å². The number of carbonyl (C=O) groups excluding carboxylic acids is 2. The highest BCUT2D eigenvalue weighted by Gasteiger charge is 2.47. The third-order valence-corrected chi connectivity index (χ3v) is 10.2. The molecule has 2 aromatic heterocycles. The summed E-state index contributed by atoms with van der Waals surface area (Å²) in [7, 11) is 3.66. The number of ether oxygens (including phenoxy) is 1. The molecule has 3 aliphatic rings. The zero-order valence-electron chi connectivity index (χ0n) is 26.2. The lowest BCUT2D eigenvalue weighted by molar-refractivity contribution is -0.111. The van der Waals surface area contributed by atoms with Crippen LogP contribution >= 0.6 is 0 Å². The molecule has 9 nitrogen and oxygen atoms in total. The number of amides is 2. The molecule has 3 fully saturated rings. The summed E-state index contributed by atoms with van der Waals surface area (Å²) in [5.74, 6) is 2.18. The molecule has 3 heterocycles. The Morgan fingerprint density at radius 3 is 2.61 bits per heavy atom. The number of methoxy groups -OCH3 is 1. The van der Waals surface area contributed by atoms with Crippen LogP contribution < -0.4 is 15.8 Å². The first kappa shape index (κ1) is 28.6. The zero-order valence-corrected chi connectivity index (χ0v) is 26.2. The van der Waals surface area contributed by atoms with Gasteiger partial charge in [-0.1, -0.05) is 36.9 Å². The molecule has 46 heavy (non-hydrogen) atoms. The zero-order chi connectivity index (χ0) is 31.7. The fourth-order valence-electron chi connectivity index (χ4n) is 7.72. The van der Waals surface area contributed by atoms with Gasteiger partial charge >= 0.3 is 0 Å². The van der Waals surface area contributed by atoms with Crippen LogP contribution in [0.3, 0.4) is 0 Å². The SMILES string of the molecule is C=CC(=O)Nc1cccc(-c2cccc3cc(-c4nc5cc(C(=O)N6C[C@H]7CC[C@@H]6[C@@H]7N)cc(OC)c5n4C)n(CC4CC4)c23)c1. The lowest BCUT2D eigenvalue weighted by atomic mass is 10.0. The number of nitrogens with two attached hydrogens (primary N) is 1. The standard InChI is InChI=1S/C37H38N6O3/c1-4-32(44)39-26-9-5-7-22(15-26)27-10-6-8-23-17-30(42(34(23)27)19-21-11-12-21)36-40-28-16-25(18-31(46-3)35(28)41(36)2)37(45)43-20-24-13-14-29(43)33(24)38/h4-10,15-18,21,24,29,33H,1,11-14,19-20,38H2,2-3H3,(H,39,44)/t24-,29-,33-/m1/s1. The molecule has 0 unspecified atom stereocenters. The Balaban J connectivity index is 1.25. The monoisotopic (exact) mass is 614 g/mol. The van der Waals surface area contributed by atoms with Crippen molar-refractivity contribution < 1.29 is 14.3 Å². The van der Waals surface area contributed by atoms with E-state index in [4.69, 9.17) is 15.5 Å². The van der Waals surface area contributed by atoms with Crippen LogP contribution in [0.15, 0.2) is 73.3 Å². The Morgan fingerprint density at radius 2 is 1.89 bits per heavy atom. The molecule has 1 aliphatic heterocycles. The van der Waals surface area contributed by atoms with E-state index in [2.05, 4.69) is 51.4 Å². The van der Waals surface area contributed by atoms with Gasteiger partial charge in [-0.15, -0.1) is 0 Å². The van der Waals surface area contributed by atoms with Gasteiger partial charge in [0.15, 0.2) is 5.82 Å². The highest BCUT2D eigenvalue weighted by molar-refractivity contribution is 6.03. The third-order valence-electron chi connectivity index (χ3n) is 10.2. The second kappa shape index (κ2) is 10.9. The Kier molecular flexibility index (Phi) is 6.76. The summed E-state index contributed by atoms with van der Waals surface area (Å²) in [5.41, 5.74) is 13.6. The summed E-state index contributed by atoms with van der Waals surface area (Å²) in [4.78, 5) is 32.9. The van der Waals surface area contributed by atoms with E-state index in [1.807, 2.05) is 42.3 Å². The molecule has 234 valence electrons. The number of fused-ring (bicyclic) bond motifs is 4. The molecule has 8 rings (SSSR count). The number of hydrogen-bond donors (Lipinski definition) is 2. The predicted octanol–water partition coefficient (Wildman–Crippen LogP) is 5.97. The van der Waals surface area contributed by atoms with Crippen molar-refractivity contribution in [3.8, 4) is 28.4 Å². The number of hydrogen-bond acceptors (Lipinski definition) is 5. The molecule has 9 heteroatoms. The number of carbonyl (C=O) groups is 2. The van der Waals surface area contributed by atoms with Crippen molar-refractivity contribution in [2.45, 2.75) is 44.3 Å². The summed E-state index contributed by atoms with van der Waals surface area (Å²) < 4.78 is 10.4. The molecule has 3 atom stereocenters. The first-order valence-electron chi connectivity index (χ1n) is 16.1. The number of aryl methyl sites for hydroxylation is 1. The van der Waals surface area contributed by atoms with Gasteiger partial charge in [0.05, 0.1) is 23.8 Å². The molecule has 2 bridgehead atoms. The predicted molar refractivity (Wildman–Crippen MR) is 181 cm³/mol. The number of likely N-dealkylation sites (tertiary alicyclic amines) is 1. The van der Waals surface area contributed by atoms with Crippen LogP contribution in [0.5, 0.6) is 5.75 Å². The van der Waals surface area contributed by atoms with E-state index in [0.29, 0.717) is 29.7 Å². The van der Waals surface area contributed by atoms with Crippen molar-refractivity contribution in [1.29, 1.82) is 0 Å². The van der Waals surface area contributed by atoms with E-state index in [0.717, 1.165) is 69.7 Å². The number of nitrogens with one attached hydrogen (secondary N) is 1. The van der Waals surface area contributed by atoms with Crippen molar-refractivity contribution in [2.24, 2.45) is 24.6 Å². The van der Waals surface area contributed by atoms with Crippen molar-refractivity contribution >= 4 is 39.4 Å². The second-order valence-corrected chi connectivity index (χ2v) is 13.1. The van der Waals surface area contributed by atoms with Gasteiger partial charge in [-0.25, -0.2) is 4.98 Å². The lowest BCUT2D eigenvalue weighted by Crippen LogP contribution is -2.41. The molecule has 2 aliphatic carbocycles. The molecule has 2 saturated carbocycles. The van der Waals surface area contributed by atoms with Gasteiger partial charge in [0.2, 0.25) is 5.91 Å². The second-order valence-electron chi connectivity index (χ2n) is 13.1. The van der Waals surface area contributed by atoms with E-state index in [9.17, 15) is 9.59 Å². The molecule has 3 N–H and O–H groups in total. The number of para-hydroxylation sites is 1. The average Bonchev–Trinajstić information content (AvgIpc) is 3.46. The summed E-state index contributed by atoms with van der Waals surface area (Å²) in [5, 5.41) is 4.00. The summed E-state index contributed by atoms with van der Waals surface area (Å²) >= 11 is 0. The van der Waals surface area contributed by atoms with Crippen LogP contribution in [0.2, 0.25) is 0 Å². The van der Waals surface area contributed by atoms with Crippen LogP contribution in [0, 0.1) is 11.8 Å². The number of anilines is 1. The summed E-state index contributed by atoms with van der Waals surface area (Å²) in [6, 6.07) is 20.4. The molecule has 1 saturated heterocycles. The van der Waals surface area contributed by atoms with Gasteiger partial charge in [-0.3, -0.25) is 9.59 Å². The van der Waals surface area contributed by atoms with Crippen LogP contribution in [0.1, 0.15) is 36.0 Å². The maximum Gasteiger partial charge on any atom is 0.254 e. The molecule has 0 spiro atoms. The minimum atomic E-state index is -0.242. The van der Waals surface area contributed by atoms with Crippen molar-refractivity contribution in [2.75, 3.05) is 19.0 Å². The Labute approximate surface area is 267 Å². The minimum Gasteiger partial charge on any atom is -0.494 e. The highest BCUT2D eigenvalue weighted by Crippen LogP contribution is 2.42. The number of rotatable bonds is 8. The number of piperidine rings is 1. The van der Waals surface area contributed by atoms with E-state index in [-0.39, 0.29) is 23.9 Å². The maximum atomic E-state index is 13.8. The Hall–Kier alpha value is -4.89. The van der Waals surface area contributed by atoms with E-state index in [1.165, 1.54) is 18.9 Å². The quantitative estimate of drug-likeness (QED) is 0.210. The maximum absolute atomic E-state index is 13.8. The Morgan fingerprint density at radius 1 is 1.07 bits per heavy atom. The van der Waals surface area contributed by atoms with Gasteiger partial charge in [0.25, 0.3) is 5.91 Å². The van der Waals surface area contributed by atoms with E-state index >= 15 is 0 Å². The molecule has 5 aromatic rings. The van der Waals surface area contributed by atoms with Crippen LogP contribution in [-0.2, 0) is 18.4 Å². The topological polar surface area (TPSA) is 107 Å². The largest absolute Gasteiger partial charge is 0.494 e. The molecule has 2 amide bonds. The molecular formula is C37H38N6O3. The first-order valence-corrected chi connectivity index (χ1v) is 16.1. The average molecular weight is 615 g/mol. The number of nitrogens with zero attached hydrogens (tertiary/aromatic N) is 4. The summed E-state index contributed by atoms with van der Waals surface area (Å²) in [6.45, 7) is 5.17. The van der Waals surface area contributed by atoms with Crippen molar-refractivity contribution in [3.05, 3.63) is 78.9 Å². The smallest absolute Gasteiger partial charge is 0.254 e. The van der Waals surface area contributed by atoms with Gasteiger partial charge in [0.1, 0.15) is 11.3 Å².